The highest BCUT2D eigenvalue weighted by Crippen LogP contribution is 2.44. The minimum Gasteiger partial charge on any atom is -0.462 e. The van der Waals surface area contributed by atoms with Gasteiger partial charge >= 0.3 is 12.1 Å². The van der Waals surface area contributed by atoms with Crippen LogP contribution < -0.4 is 16.0 Å². The number of carbonyl (C=O) groups excluding carboxylic acids is 4. The van der Waals surface area contributed by atoms with Crippen LogP contribution in [0.5, 0.6) is 0 Å². The molecular formula is C38H47N3O7. The molecule has 4 aliphatic rings. The number of nitrogens with one attached hydrogen (secondary N) is 3. The van der Waals surface area contributed by atoms with Crippen molar-refractivity contribution in [3.8, 4) is 11.1 Å². The molecule has 4 N–H and O–H groups in total. The Morgan fingerprint density at radius 3 is 2.23 bits per heavy atom. The fourth-order valence-corrected chi connectivity index (χ4v) is 7.93. The molecule has 3 amide bonds. The van der Waals surface area contributed by atoms with E-state index in [0.717, 1.165) is 60.8 Å². The van der Waals surface area contributed by atoms with Gasteiger partial charge in [-0.25, -0.2) is 9.59 Å². The highest BCUT2D eigenvalue weighted by Gasteiger charge is 2.40. The average molecular weight is 658 g/mol. The van der Waals surface area contributed by atoms with Crippen LogP contribution in [0.1, 0.15) is 94.1 Å². The van der Waals surface area contributed by atoms with E-state index in [1.54, 1.807) is 0 Å². The van der Waals surface area contributed by atoms with Crippen molar-refractivity contribution in [2.24, 2.45) is 5.92 Å². The molecule has 1 aliphatic heterocycles. The molecule has 3 aliphatic carbocycles. The zero-order valence-electron chi connectivity index (χ0n) is 27.5. The number of aliphatic hydroxyl groups excluding tert-OH is 1. The van der Waals surface area contributed by atoms with Gasteiger partial charge in [0.1, 0.15) is 19.3 Å². The Hall–Kier alpha value is -4.18. The van der Waals surface area contributed by atoms with Crippen molar-refractivity contribution in [3.63, 3.8) is 0 Å². The van der Waals surface area contributed by atoms with Gasteiger partial charge in [0.25, 0.3) is 0 Å². The van der Waals surface area contributed by atoms with E-state index in [1.165, 1.54) is 0 Å². The van der Waals surface area contributed by atoms with Crippen LogP contribution in [0.4, 0.5) is 4.79 Å². The second kappa shape index (κ2) is 14.9. The predicted octanol–water partition coefficient (Wildman–Crippen LogP) is 5.03. The Balaban J connectivity index is 1.10. The summed E-state index contributed by atoms with van der Waals surface area (Å²) in [6.07, 6.45) is 10.5. The number of amides is 3. The molecule has 48 heavy (non-hydrogen) atoms. The zero-order valence-corrected chi connectivity index (χ0v) is 27.5. The Morgan fingerprint density at radius 1 is 0.917 bits per heavy atom. The maximum Gasteiger partial charge on any atom is 0.407 e. The summed E-state index contributed by atoms with van der Waals surface area (Å²) in [5.41, 5.74) is 3.13. The standard InChI is InChI=1S/C38H47N3O7/c42-24-37(18-8-9-19-37)40-33(43)22-26-12-2-1-3-17-32(35(45)48-25-38(41-34(26)44)20-10-11-21-38)39-36(46)47-23-31-29-15-6-4-13-27(29)28-14-5-7-16-30(28)31/h1-2,4-7,13-16,26,31-32,42H,3,8-12,17-25H2,(H,39,46)(H,40,43)(H,41,44)/t26-,32+/m1/s1. The van der Waals surface area contributed by atoms with Gasteiger partial charge in [0.05, 0.1) is 23.6 Å². The number of esters is 1. The number of carbonyl (C=O) groups is 4. The molecule has 0 bridgehead atoms. The molecule has 0 aromatic heterocycles. The van der Waals surface area contributed by atoms with Crippen LogP contribution in [0.3, 0.4) is 0 Å². The molecule has 1 heterocycles. The molecule has 1 spiro atoms. The van der Waals surface area contributed by atoms with E-state index in [2.05, 4.69) is 40.2 Å². The number of alkyl carbamates (subject to hydrolysis) is 1. The van der Waals surface area contributed by atoms with Crippen LogP contribution in [-0.2, 0) is 23.9 Å². The fraction of sp³-hybridized carbons (Fsp3) is 0.526. The topological polar surface area (TPSA) is 143 Å². The van der Waals surface area contributed by atoms with Gasteiger partial charge in [0.15, 0.2) is 0 Å². The molecule has 256 valence electrons. The maximum absolute atomic E-state index is 13.6. The van der Waals surface area contributed by atoms with Gasteiger partial charge in [-0.1, -0.05) is 86.4 Å². The van der Waals surface area contributed by atoms with Crippen LogP contribution in [0.25, 0.3) is 11.1 Å². The normalized spacial score (nSPS) is 23.5. The van der Waals surface area contributed by atoms with Crippen molar-refractivity contribution >= 4 is 23.9 Å². The van der Waals surface area contributed by atoms with E-state index < -0.39 is 35.1 Å². The maximum atomic E-state index is 13.6. The lowest BCUT2D eigenvalue weighted by molar-refractivity contribution is -0.149. The number of allylic oxidation sites excluding steroid dienone is 2. The number of aliphatic hydroxyl groups is 1. The second-order valence-electron chi connectivity index (χ2n) is 14.0. The van der Waals surface area contributed by atoms with E-state index in [-0.39, 0.29) is 50.4 Å². The van der Waals surface area contributed by atoms with Gasteiger partial charge in [-0.05, 0) is 67.2 Å². The number of rotatable bonds is 7. The highest BCUT2D eigenvalue weighted by molar-refractivity contribution is 5.87. The van der Waals surface area contributed by atoms with Gasteiger partial charge in [0, 0.05) is 12.3 Å². The van der Waals surface area contributed by atoms with Crippen molar-refractivity contribution in [1.82, 2.24) is 16.0 Å². The molecule has 0 unspecified atom stereocenters. The quantitative estimate of drug-likeness (QED) is 0.242. The molecule has 10 heteroatoms. The fourth-order valence-electron chi connectivity index (χ4n) is 7.93. The van der Waals surface area contributed by atoms with Crippen LogP contribution in [0.15, 0.2) is 60.7 Å². The second-order valence-corrected chi connectivity index (χ2v) is 14.0. The Kier molecular flexibility index (Phi) is 10.5. The van der Waals surface area contributed by atoms with Gasteiger partial charge in [-0.15, -0.1) is 0 Å². The minimum absolute atomic E-state index is 0.000242. The summed E-state index contributed by atoms with van der Waals surface area (Å²) in [5, 5.41) is 18.9. The summed E-state index contributed by atoms with van der Waals surface area (Å²) >= 11 is 0. The van der Waals surface area contributed by atoms with Gasteiger partial charge in [-0.3, -0.25) is 9.59 Å². The van der Waals surface area contributed by atoms with E-state index in [4.69, 9.17) is 9.47 Å². The van der Waals surface area contributed by atoms with Crippen molar-refractivity contribution < 1.29 is 33.8 Å². The lowest BCUT2D eigenvalue weighted by Crippen LogP contribution is -2.54. The number of benzene rings is 2. The third-order valence-electron chi connectivity index (χ3n) is 10.6. The average Bonchev–Trinajstić information content (AvgIpc) is 3.83. The Labute approximate surface area is 282 Å². The third kappa shape index (κ3) is 7.59. The molecule has 2 aromatic carbocycles. The van der Waals surface area contributed by atoms with Crippen LogP contribution >= 0.6 is 0 Å². The SMILES string of the molecule is O=C(C[C@H]1CC=CCC[C@H](NC(=O)OCC2c3ccccc3-c3ccccc32)C(=O)OCC2(CCCC2)NC1=O)NC1(CO)CCCC1. The van der Waals surface area contributed by atoms with E-state index in [1.807, 2.05) is 36.4 Å². The van der Waals surface area contributed by atoms with Crippen LogP contribution in [0, 0.1) is 5.92 Å². The van der Waals surface area contributed by atoms with Crippen molar-refractivity contribution in [3.05, 3.63) is 71.8 Å². The Bertz CT molecular complexity index is 1480. The largest absolute Gasteiger partial charge is 0.462 e. The molecular weight excluding hydrogens is 610 g/mol. The van der Waals surface area contributed by atoms with Crippen molar-refractivity contribution in [2.75, 3.05) is 19.8 Å². The molecule has 2 saturated carbocycles. The zero-order chi connectivity index (χ0) is 33.6. The lowest BCUT2D eigenvalue weighted by atomic mass is 9.93. The third-order valence-corrected chi connectivity index (χ3v) is 10.6. The summed E-state index contributed by atoms with van der Waals surface area (Å²) in [6, 6.07) is 15.3. The summed E-state index contributed by atoms with van der Waals surface area (Å²) in [4.78, 5) is 53.3. The van der Waals surface area contributed by atoms with E-state index in [0.29, 0.717) is 25.7 Å². The number of hydrogen-bond acceptors (Lipinski definition) is 7. The first-order chi connectivity index (χ1) is 23.3. The molecule has 2 atom stereocenters. The monoisotopic (exact) mass is 657 g/mol. The highest BCUT2D eigenvalue weighted by atomic mass is 16.6. The molecule has 0 saturated heterocycles. The summed E-state index contributed by atoms with van der Waals surface area (Å²) < 4.78 is 11.5. The summed E-state index contributed by atoms with van der Waals surface area (Å²) in [7, 11) is 0. The lowest BCUT2D eigenvalue weighted by Gasteiger charge is -2.32. The Morgan fingerprint density at radius 2 is 1.56 bits per heavy atom. The van der Waals surface area contributed by atoms with Crippen molar-refractivity contribution in [2.45, 2.75) is 100 Å². The van der Waals surface area contributed by atoms with Crippen LogP contribution in [0.2, 0.25) is 0 Å². The molecule has 10 nitrogen and oxygen atoms in total. The predicted molar refractivity (Wildman–Crippen MR) is 180 cm³/mol. The minimum atomic E-state index is -0.928. The van der Waals surface area contributed by atoms with E-state index in [9.17, 15) is 24.3 Å². The number of fused-ring (bicyclic) bond motifs is 3. The number of hydrogen-bond donors (Lipinski definition) is 4. The van der Waals surface area contributed by atoms with Crippen molar-refractivity contribution in [1.29, 1.82) is 0 Å². The summed E-state index contributed by atoms with van der Waals surface area (Å²) in [6.45, 7) is 0.000694. The molecule has 2 aromatic rings. The first-order valence-electron chi connectivity index (χ1n) is 17.5. The van der Waals surface area contributed by atoms with E-state index >= 15 is 0 Å². The molecule has 0 radical (unpaired) electrons. The number of cyclic esters (lactones) is 1. The van der Waals surface area contributed by atoms with Gasteiger partial charge in [-0.2, -0.15) is 0 Å². The smallest absolute Gasteiger partial charge is 0.407 e. The van der Waals surface area contributed by atoms with Gasteiger partial charge in [0.2, 0.25) is 11.8 Å². The molecule has 2 fully saturated rings. The first kappa shape index (κ1) is 33.7. The first-order valence-corrected chi connectivity index (χ1v) is 17.5. The number of ether oxygens (including phenoxy) is 2. The van der Waals surface area contributed by atoms with Crippen LogP contribution in [-0.4, -0.2) is 65.9 Å². The van der Waals surface area contributed by atoms with Gasteiger partial charge < -0.3 is 30.5 Å². The molecule has 6 rings (SSSR count). The summed E-state index contributed by atoms with van der Waals surface area (Å²) in [5.74, 6) is -1.78.